The first-order valence-electron chi connectivity index (χ1n) is 9.17. The maximum absolute atomic E-state index is 6.25. The number of para-hydroxylation sites is 1. The van der Waals surface area contributed by atoms with Crippen LogP contribution in [0.2, 0.25) is 0 Å². The molecule has 0 spiro atoms. The van der Waals surface area contributed by atoms with Gasteiger partial charge in [-0.15, -0.1) is 0 Å². The SMILES string of the molecule is CCn1cc(C(CN)C2CCN(C(C)C)CC2)c2ccccc21. The third kappa shape index (κ3) is 3.17. The largest absolute Gasteiger partial charge is 0.347 e. The first kappa shape index (κ1) is 16.5. The Morgan fingerprint density at radius 3 is 2.48 bits per heavy atom. The van der Waals surface area contributed by atoms with Gasteiger partial charge in [-0.05, 0) is 70.8 Å². The van der Waals surface area contributed by atoms with Crippen LogP contribution in [0.5, 0.6) is 0 Å². The van der Waals surface area contributed by atoms with Gasteiger partial charge in [0.25, 0.3) is 0 Å². The molecule has 1 aromatic carbocycles. The molecule has 1 unspecified atom stereocenters. The molecule has 1 aliphatic heterocycles. The number of hydrogen-bond acceptors (Lipinski definition) is 2. The number of fused-ring (bicyclic) bond motifs is 1. The van der Waals surface area contributed by atoms with Gasteiger partial charge < -0.3 is 15.2 Å². The van der Waals surface area contributed by atoms with Crippen LogP contribution in [-0.2, 0) is 6.54 Å². The van der Waals surface area contributed by atoms with Crippen molar-refractivity contribution in [1.29, 1.82) is 0 Å². The Labute approximate surface area is 140 Å². The maximum Gasteiger partial charge on any atom is 0.0483 e. The van der Waals surface area contributed by atoms with Crippen LogP contribution in [0.1, 0.15) is 45.1 Å². The van der Waals surface area contributed by atoms with Gasteiger partial charge in [0.15, 0.2) is 0 Å². The van der Waals surface area contributed by atoms with Crippen LogP contribution in [0, 0.1) is 5.92 Å². The number of likely N-dealkylation sites (tertiary alicyclic amines) is 1. The zero-order valence-corrected chi connectivity index (χ0v) is 14.8. The number of piperidine rings is 1. The molecule has 3 rings (SSSR count). The lowest BCUT2D eigenvalue weighted by atomic mass is 9.80. The fourth-order valence-corrected chi connectivity index (χ4v) is 4.24. The molecule has 0 bridgehead atoms. The van der Waals surface area contributed by atoms with E-state index in [2.05, 4.69) is 60.7 Å². The molecule has 3 nitrogen and oxygen atoms in total. The van der Waals surface area contributed by atoms with Crippen molar-refractivity contribution in [2.24, 2.45) is 11.7 Å². The van der Waals surface area contributed by atoms with Gasteiger partial charge in [-0.2, -0.15) is 0 Å². The summed E-state index contributed by atoms with van der Waals surface area (Å²) in [5.41, 5.74) is 9.06. The van der Waals surface area contributed by atoms with Crippen molar-refractivity contribution in [2.45, 2.75) is 52.1 Å². The molecule has 2 aromatic rings. The Morgan fingerprint density at radius 1 is 1.17 bits per heavy atom. The molecule has 0 amide bonds. The normalized spacial score (nSPS) is 18.8. The molecule has 1 saturated heterocycles. The molecule has 1 fully saturated rings. The predicted molar refractivity (Wildman–Crippen MR) is 98.8 cm³/mol. The van der Waals surface area contributed by atoms with Crippen molar-refractivity contribution < 1.29 is 0 Å². The van der Waals surface area contributed by atoms with E-state index in [-0.39, 0.29) is 0 Å². The Balaban J connectivity index is 1.87. The summed E-state index contributed by atoms with van der Waals surface area (Å²) in [6, 6.07) is 9.45. The summed E-state index contributed by atoms with van der Waals surface area (Å²) in [5.74, 6) is 1.20. The van der Waals surface area contributed by atoms with Gasteiger partial charge in [-0.25, -0.2) is 0 Å². The van der Waals surface area contributed by atoms with Crippen molar-refractivity contribution in [3.63, 3.8) is 0 Å². The summed E-state index contributed by atoms with van der Waals surface area (Å²) in [5, 5.41) is 1.40. The monoisotopic (exact) mass is 313 g/mol. The Morgan fingerprint density at radius 2 is 1.87 bits per heavy atom. The molecule has 3 heteroatoms. The topological polar surface area (TPSA) is 34.2 Å². The molecule has 126 valence electrons. The molecule has 0 aliphatic carbocycles. The predicted octanol–water partition coefficient (Wildman–Crippen LogP) is 3.82. The number of benzene rings is 1. The van der Waals surface area contributed by atoms with E-state index in [1.807, 2.05) is 0 Å². The van der Waals surface area contributed by atoms with Crippen molar-refractivity contribution >= 4 is 10.9 Å². The zero-order valence-electron chi connectivity index (χ0n) is 14.8. The fourth-order valence-electron chi connectivity index (χ4n) is 4.24. The first-order valence-corrected chi connectivity index (χ1v) is 9.17. The highest BCUT2D eigenvalue weighted by Crippen LogP contribution is 2.37. The second-order valence-corrected chi connectivity index (χ2v) is 7.20. The number of aromatic nitrogens is 1. The summed E-state index contributed by atoms with van der Waals surface area (Å²) in [6.07, 6.45) is 4.90. The average molecular weight is 313 g/mol. The minimum atomic E-state index is 0.488. The van der Waals surface area contributed by atoms with E-state index < -0.39 is 0 Å². The summed E-state index contributed by atoms with van der Waals surface area (Å²) in [7, 11) is 0. The Kier molecular flexibility index (Phi) is 5.08. The van der Waals surface area contributed by atoms with Crippen LogP contribution < -0.4 is 5.73 Å². The van der Waals surface area contributed by atoms with E-state index >= 15 is 0 Å². The van der Waals surface area contributed by atoms with E-state index in [9.17, 15) is 0 Å². The summed E-state index contributed by atoms with van der Waals surface area (Å²) in [6.45, 7) is 11.0. The van der Waals surface area contributed by atoms with E-state index in [1.54, 1.807) is 0 Å². The van der Waals surface area contributed by atoms with Crippen LogP contribution in [0.15, 0.2) is 30.5 Å². The lowest BCUT2D eigenvalue weighted by Crippen LogP contribution is -2.40. The molecule has 1 aliphatic rings. The van der Waals surface area contributed by atoms with Crippen molar-refractivity contribution in [3.8, 4) is 0 Å². The van der Waals surface area contributed by atoms with Crippen LogP contribution in [0.3, 0.4) is 0 Å². The average Bonchev–Trinajstić information content (AvgIpc) is 2.95. The minimum absolute atomic E-state index is 0.488. The molecule has 2 heterocycles. The fraction of sp³-hybridized carbons (Fsp3) is 0.600. The number of nitrogens with two attached hydrogens (primary N) is 1. The van der Waals surface area contributed by atoms with Crippen LogP contribution >= 0.6 is 0 Å². The van der Waals surface area contributed by atoms with Gasteiger partial charge in [0.2, 0.25) is 0 Å². The number of nitrogens with zero attached hydrogens (tertiary/aromatic N) is 2. The first-order chi connectivity index (χ1) is 11.2. The number of rotatable bonds is 5. The Bertz CT molecular complexity index is 635. The third-order valence-corrected chi connectivity index (χ3v) is 5.69. The van der Waals surface area contributed by atoms with E-state index in [4.69, 9.17) is 5.73 Å². The molecule has 23 heavy (non-hydrogen) atoms. The van der Waals surface area contributed by atoms with Crippen molar-refractivity contribution in [1.82, 2.24) is 9.47 Å². The molecule has 0 saturated carbocycles. The van der Waals surface area contributed by atoms with E-state index in [0.717, 1.165) is 13.1 Å². The highest BCUT2D eigenvalue weighted by molar-refractivity contribution is 5.84. The van der Waals surface area contributed by atoms with Gasteiger partial charge in [-0.1, -0.05) is 18.2 Å². The van der Waals surface area contributed by atoms with E-state index in [1.165, 1.54) is 42.4 Å². The summed E-state index contributed by atoms with van der Waals surface area (Å²) < 4.78 is 2.37. The molecule has 2 N–H and O–H groups in total. The number of aryl methyl sites for hydroxylation is 1. The second kappa shape index (κ2) is 7.06. The smallest absolute Gasteiger partial charge is 0.0483 e. The van der Waals surface area contributed by atoms with Crippen LogP contribution in [-0.4, -0.2) is 35.1 Å². The standard InChI is InChI=1S/C20H31N3/c1-4-22-14-19(17-7-5-6-8-20(17)22)18(13-21)16-9-11-23(12-10-16)15(2)3/h5-8,14-16,18H,4,9-13,21H2,1-3H3. The van der Waals surface area contributed by atoms with Gasteiger partial charge in [0.1, 0.15) is 0 Å². The molecule has 0 radical (unpaired) electrons. The molecule has 1 atom stereocenters. The molecule has 1 aromatic heterocycles. The lowest BCUT2D eigenvalue weighted by Gasteiger charge is -2.37. The van der Waals surface area contributed by atoms with Gasteiger partial charge in [-0.3, -0.25) is 0 Å². The second-order valence-electron chi connectivity index (χ2n) is 7.20. The van der Waals surface area contributed by atoms with Crippen molar-refractivity contribution in [3.05, 3.63) is 36.0 Å². The highest BCUT2D eigenvalue weighted by atomic mass is 15.1. The molecular weight excluding hydrogens is 282 g/mol. The van der Waals surface area contributed by atoms with Crippen LogP contribution in [0.25, 0.3) is 10.9 Å². The summed E-state index contributed by atoms with van der Waals surface area (Å²) in [4.78, 5) is 2.60. The Hall–Kier alpha value is -1.32. The highest BCUT2D eigenvalue weighted by Gasteiger charge is 2.29. The van der Waals surface area contributed by atoms with Gasteiger partial charge >= 0.3 is 0 Å². The zero-order chi connectivity index (χ0) is 16.4. The van der Waals surface area contributed by atoms with Crippen LogP contribution in [0.4, 0.5) is 0 Å². The maximum atomic E-state index is 6.25. The van der Waals surface area contributed by atoms with Gasteiger partial charge in [0, 0.05) is 35.6 Å². The molecular formula is C20H31N3. The quantitative estimate of drug-likeness (QED) is 0.910. The van der Waals surface area contributed by atoms with E-state index in [0.29, 0.717) is 17.9 Å². The van der Waals surface area contributed by atoms with Crippen molar-refractivity contribution in [2.75, 3.05) is 19.6 Å². The lowest BCUT2D eigenvalue weighted by molar-refractivity contribution is 0.138. The minimum Gasteiger partial charge on any atom is -0.347 e. The summed E-state index contributed by atoms with van der Waals surface area (Å²) >= 11 is 0. The number of hydrogen-bond donors (Lipinski definition) is 1. The third-order valence-electron chi connectivity index (χ3n) is 5.69. The van der Waals surface area contributed by atoms with Gasteiger partial charge in [0.05, 0.1) is 0 Å².